The summed E-state index contributed by atoms with van der Waals surface area (Å²) in [7, 11) is 0. The van der Waals surface area contributed by atoms with Crippen LogP contribution in [0, 0.1) is 5.41 Å². The third kappa shape index (κ3) is 1.21. The molecule has 0 bridgehead atoms. The van der Waals surface area contributed by atoms with E-state index in [1.807, 2.05) is 24.3 Å². The van der Waals surface area contributed by atoms with Crippen LogP contribution in [-0.4, -0.2) is 17.5 Å². The van der Waals surface area contributed by atoms with Gasteiger partial charge in [0.1, 0.15) is 11.8 Å². The number of rotatable bonds is 3. The van der Waals surface area contributed by atoms with Gasteiger partial charge < -0.3 is 9.52 Å². The lowest BCUT2D eigenvalue weighted by atomic mass is 9.95. The van der Waals surface area contributed by atoms with E-state index in [0.717, 1.165) is 23.8 Å². The molecule has 16 heavy (non-hydrogen) atoms. The van der Waals surface area contributed by atoms with Crippen molar-refractivity contribution in [3.63, 3.8) is 0 Å². The van der Waals surface area contributed by atoms with E-state index in [9.17, 15) is 9.90 Å². The van der Waals surface area contributed by atoms with Gasteiger partial charge in [-0.05, 0) is 18.9 Å². The first-order valence-corrected chi connectivity index (χ1v) is 5.39. The molecule has 1 aromatic carbocycles. The molecule has 0 radical (unpaired) electrons. The van der Waals surface area contributed by atoms with Crippen LogP contribution in [0.3, 0.4) is 0 Å². The molecular formula is C13H12O3. The highest BCUT2D eigenvalue weighted by atomic mass is 16.3. The number of Topliss-reactive ketones (excluding diaryl/α,β-unsaturated/α-hetero) is 1. The molecule has 1 heterocycles. The van der Waals surface area contributed by atoms with Crippen molar-refractivity contribution in [1.29, 1.82) is 0 Å². The second-order valence-electron chi connectivity index (χ2n) is 4.41. The van der Waals surface area contributed by atoms with Crippen LogP contribution in [0.4, 0.5) is 0 Å². The quantitative estimate of drug-likeness (QED) is 0.801. The van der Waals surface area contributed by atoms with Crippen LogP contribution in [0.2, 0.25) is 0 Å². The summed E-state index contributed by atoms with van der Waals surface area (Å²) in [5, 5.41) is 10.1. The number of carbonyl (C=O) groups is 1. The lowest BCUT2D eigenvalue weighted by Crippen LogP contribution is -2.19. The number of aliphatic hydroxyl groups is 1. The van der Waals surface area contributed by atoms with Gasteiger partial charge in [0.05, 0.1) is 17.6 Å². The Morgan fingerprint density at radius 2 is 2.12 bits per heavy atom. The molecule has 1 N–H and O–H groups in total. The molecular weight excluding hydrogens is 204 g/mol. The number of fused-ring (bicyclic) bond motifs is 1. The van der Waals surface area contributed by atoms with Crippen molar-refractivity contribution in [3.8, 4) is 0 Å². The molecule has 3 nitrogen and oxygen atoms in total. The number of furan rings is 1. The largest absolute Gasteiger partial charge is 0.464 e. The first kappa shape index (κ1) is 9.60. The third-order valence-corrected chi connectivity index (χ3v) is 3.36. The van der Waals surface area contributed by atoms with E-state index in [0.29, 0.717) is 5.56 Å². The SMILES string of the molecule is O=C(c1coc2ccccc12)C1(CO)CC1. The first-order valence-electron chi connectivity index (χ1n) is 5.39. The smallest absolute Gasteiger partial charge is 0.175 e. The minimum atomic E-state index is -0.521. The maximum atomic E-state index is 12.2. The normalized spacial score (nSPS) is 17.6. The summed E-state index contributed by atoms with van der Waals surface area (Å²) in [6.45, 7) is -0.0641. The van der Waals surface area contributed by atoms with Crippen LogP contribution in [-0.2, 0) is 0 Å². The zero-order valence-electron chi connectivity index (χ0n) is 8.77. The molecule has 0 atom stereocenters. The van der Waals surface area contributed by atoms with Gasteiger partial charge in [0, 0.05) is 5.39 Å². The van der Waals surface area contributed by atoms with Gasteiger partial charge >= 0.3 is 0 Å². The van der Waals surface area contributed by atoms with Gasteiger partial charge in [-0.2, -0.15) is 0 Å². The van der Waals surface area contributed by atoms with Crippen molar-refractivity contribution >= 4 is 16.8 Å². The van der Waals surface area contributed by atoms with Gasteiger partial charge in [-0.1, -0.05) is 18.2 Å². The van der Waals surface area contributed by atoms with Crippen molar-refractivity contribution in [2.45, 2.75) is 12.8 Å². The van der Waals surface area contributed by atoms with Crippen molar-refractivity contribution in [2.24, 2.45) is 5.41 Å². The standard InChI is InChI=1S/C13H12O3/c14-8-13(5-6-13)12(15)10-7-16-11-4-2-1-3-9(10)11/h1-4,7,14H,5-6,8H2. The topological polar surface area (TPSA) is 50.4 Å². The number of ketones is 1. The molecule has 2 aromatic rings. The predicted octanol–water partition coefficient (Wildman–Crippen LogP) is 2.39. The van der Waals surface area contributed by atoms with Crippen LogP contribution in [0.1, 0.15) is 23.2 Å². The van der Waals surface area contributed by atoms with Crippen molar-refractivity contribution in [1.82, 2.24) is 0 Å². The van der Waals surface area contributed by atoms with E-state index in [2.05, 4.69) is 0 Å². The summed E-state index contributed by atoms with van der Waals surface area (Å²) in [5.74, 6) is 0.0138. The summed E-state index contributed by atoms with van der Waals surface area (Å²) in [6, 6.07) is 7.47. The molecule has 1 saturated carbocycles. The van der Waals surface area contributed by atoms with Gasteiger partial charge in [0.15, 0.2) is 5.78 Å². The van der Waals surface area contributed by atoms with Crippen molar-refractivity contribution < 1.29 is 14.3 Å². The second-order valence-corrected chi connectivity index (χ2v) is 4.41. The van der Waals surface area contributed by atoms with Crippen LogP contribution >= 0.6 is 0 Å². The van der Waals surface area contributed by atoms with E-state index in [-0.39, 0.29) is 12.4 Å². The molecule has 0 spiro atoms. The van der Waals surface area contributed by atoms with Crippen LogP contribution in [0.15, 0.2) is 34.9 Å². The van der Waals surface area contributed by atoms with Gasteiger partial charge in [-0.25, -0.2) is 0 Å². The monoisotopic (exact) mass is 216 g/mol. The van der Waals surface area contributed by atoms with Gasteiger partial charge in [0.25, 0.3) is 0 Å². The molecule has 1 aliphatic carbocycles. The minimum absolute atomic E-state index is 0.0138. The summed E-state index contributed by atoms with van der Waals surface area (Å²) >= 11 is 0. The maximum absolute atomic E-state index is 12.2. The maximum Gasteiger partial charge on any atom is 0.175 e. The van der Waals surface area contributed by atoms with Crippen LogP contribution in [0.25, 0.3) is 11.0 Å². The number of hydrogen-bond acceptors (Lipinski definition) is 3. The number of benzene rings is 1. The van der Waals surface area contributed by atoms with E-state index in [4.69, 9.17) is 4.42 Å². The summed E-state index contributed by atoms with van der Waals surface area (Å²) in [4.78, 5) is 12.2. The Balaban J connectivity index is 2.10. The zero-order chi connectivity index (χ0) is 11.2. The molecule has 82 valence electrons. The highest BCUT2D eigenvalue weighted by molar-refractivity contribution is 6.11. The van der Waals surface area contributed by atoms with Crippen LogP contribution < -0.4 is 0 Å². The average molecular weight is 216 g/mol. The Bertz CT molecular complexity index is 549. The molecule has 0 aliphatic heterocycles. The highest BCUT2D eigenvalue weighted by Gasteiger charge is 2.50. The number of hydrogen-bond donors (Lipinski definition) is 1. The predicted molar refractivity (Wildman–Crippen MR) is 59.3 cm³/mol. The van der Waals surface area contributed by atoms with Crippen LogP contribution in [0.5, 0.6) is 0 Å². The Hall–Kier alpha value is -1.61. The van der Waals surface area contributed by atoms with Gasteiger partial charge in [0.2, 0.25) is 0 Å². The Morgan fingerprint density at radius 3 is 2.81 bits per heavy atom. The minimum Gasteiger partial charge on any atom is -0.464 e. The first-order chi connectivity index (χ1) is 7.77. The molecule has 3 rings (SSSR count). The van der Waals surface area contributed by atoms with E-state index < -0.39 is 5.41 Å². The fourth-order valence-electron chi connectivity index (χ4n) is 2.05. The molecule has 0 unspecified atom stereocenters. The molecule has 0 saturated heterocycles. The lowest BCUT2D eigenvalue weighted by Gasteiger charge is -2.08. The fourth-order valence-corrected chi connectivity index (χ4v) is 2.05. The molecule has 1 aromatic heterocycles. The van der Waals surface area contributed by atoms with Gasteiger partial charge in [-0.3, -0.25) is 4.79 Å². The van der Waals surface area contributed by atoms with Crippen molar-refractivity contribution in [2.75, 3.05) is 6.61 Å². The Labute approximate surface area is 92.7 Å². The summed E-state index contributed by atoms with van der Waals surface area (Å²) in [6.07, 6.45) is 3.06. The average Bonchev–Trinajstić information content (AvgIpc) is 3.02. The van der Waals surface area contributed by atoms with E-state index in [1.165, 1.54) is 6.26 Å². The summed E-state index contributed by atoms with van der Waals surface area (Å²) in [5.41, 5.74) is 0.800. The number of para-hydroxylation sites is 1. The highest BCUT2D eigenvalue weighted by Crippen LogP contribution is 2.48. The lowest BCUT2D eigenvalue weighted by molar-refractivity contribution is 0.0830. The summed E-state index contributed by atoms with van der Waals surface area (Å²) < 4.78 is 5.34. The Kier molecular flexibility index (Phi) is 1.91. The molecule has 1 fully saturated rings. The zero-order valence-corrected chi connectivity index (χ0v) is 8.77. The van der Waals surface area contributed by atoms with E-state index in [1.54, 1.807) is 0 Å². The third-order valence-electron chi connectivity index (χ3n) is 3.36. The number of aliphatic hydroxyl groups excluding tert-OH is 1. The molecule has 3 heteroatoms. The molecule has 1 aliphatic rings. The number of carbonyl (C=O) groups excluding carboxylic acids is 1. The fraction of sp³-hybridized carbons (Fsp3) is 0.308. The Morgan fingerprint density at radius 1 is 1.38 bits per heavy atom. The van der Waals surface area contributed by atoms with Crippen molar-refractivity contribution in [3.05, 3.63) is 36.1 Å². The molecule has 0 amide bonds. The van der Waals surface area contributed by atoms with Gasteiger partial charge in [-0.15, -0.1) is 0 Å². The van der Waals surface area contributed by atoms with E-state index >= 15 is 0 Å². The second kappa shape index (κ2) is 3.19.